The van der Waals surface area contributed by atoms with Crippen LogP contribution < -0.4 is 15.4 Å². The zero-order valence-corrected chi connectivity index (χ0v) is 21.7. The number of anilines is 2. The molecule has 2 N–H and O–H groups in total. The fourth-order valence-corrected chi connectivity index (χ4v) is 7.87. The lowest BCUT2D eigenvalue weighted by Gasteiger charge is -2.34. The molecule has 2 aliphatic heterocycles. The van der Waals surface area contributed by atoms with Crippen molar-refractivity contribution in [1.29, 1.82) is 0 Å². The van der Waals surface area contributed by atoms with Gasteiger partial charge in [0.25, 0.3) is 15.9 Å². The summed E-state index contributed by atoms with van der Waals surface area (Å²) in [5.41, 5.74) is 1.25. The molecule has 11 heteroatoms. The molecule has 8 nitrogen and oxygen atoms in total. The van der Waals surface area contributed by atoms with Crippen molar-refractivity contribution in [3.8, 4) is 5.75 Å². The summed E-state index contributed by atoms with van der Waals surface area (Å²) in [5, 5.41) is 6.94. The molecule has 0 atom stereocenters. The number of nitrogens with one attached hydrogen (secondary N) is 2. The van der Waals surface area contributed by atoms with Gasteiger partial charge >= 0.3 is 0 Å². The topological polar surface area (TPSA) is 97.0 Å². The average Bonchev–Trinajstić information content (AvgIpc) is 3.28. The number of benzene rings is 2. The lowest BCUT2D eigenvalue weighted by Crippen LogP contribution is -2.40. The molecule has 0 fully saturated rings. The number of para-hydroxylation sites is 2. The minimum atomic E-state index is -3.87. The molecular formula is C23H27N3O5S3. The van der Waals surface area contributed by atoms with E-state index >= 15 is 0 Å². The molecule has 0 spiro atoms. The van der Waals surface area contributed by atoms with Crippen LogP contribution in [0, 0.1) is 0 Å². The molecule has 2 heterocycles. The maximum absolute atomic E-state index is 13.7. The van der Waals surface area contributed by atoms with E-state index in [1.165, 1.54) is 4.31 Å². The van der Waals surface area contributed by atoms with Crippen LogP contribution in [0.2, 0.25) is 0 Å². The van der Waals surface area contributed by atoms with Crippen LogP contribution in [0.5, 0.6) is 5.75 Å². The van der Waals surface area contributed by atoms with Gasteiger partial charge < -0.3 is 20.1 Å². The van der Waals surface area contributed by atoms with Crippen LogP contribution in [-0.2, 0) is 19.6 Å². The zero-order valence-electron chi connectivity index (χ0n) is 19.2. The number of fused-ring (bicyclic) bond motifs is 2. The summed E-state index contributed by atoms with van der Waals surface area (Å²) in [6.45, 7) is 4.51. The molecule has 4 rings (SSSR count). The first kappa shape index (κ1) is 24.8. The summed E-state index contributed by atoms with van der Waals surface area (Å²) in [6, 6.07) is 10.7. The van der Waals surface area contributed by atoms with Crippen molar-refractivity contribution in [1.82, 2.24) is 4.31 Å². The summed E-state index contributed by atoms with van der Waals surface area (Å²) in [6.07, 6.45) is 0.480. The second-order valence-electron chi connectivity index (χ2n) is 7.61. The lowest BCUT2D eigenvalue weighted by atomic mass is 10.2. The molecule has 0 radical (unpaired) electrons. The molecule has 0 saturated heterocycles. The Kier molecular flexibility index (Phi) is 7.66. The Bertz CT molecular complexity index is 1230. The molecule has 182 valence electrons. The van der Waals surface area contributed by atoms with Gasteiger partial charge in [0.15, 0.2) is 0 Å². The van der Waals surface area contributed by atoms with E-state index in [1.807, 2.05) is 19.1 Å². The summed E-state index contributed by atoms with van der Waals surface area (Å²) in [7, 11) is -2.30. The Labute approximate surface area is 208 Å². The minimum absolute atomic E-state index is 0.178. The predicted octanol–water partition coefficient (Wildman–Crippen LogP) is 4.56. The quantitative estimate of drug-likeness (QED) is 0.385. The fourth-order valence-electron chi connectivity index (χ4n) is 3.70. The summed E-state index contributed by atoms with van der Waals surface area (Å²) >= 11 is 3.30. The molecule has 0 bridgehead atoms. The smallest absolute Gasteiger partial charge is 0.267 e. The number of sulfonamides is 1. The SMILES string of the molecule is CCOc1ccccc1NC(=O)/C(C)=C1/Nc2cc3c(cc2S(=O)(=O)N1CCCOC)SCS3. The Morgan fingerprint density at radius 1 is 1.21 bits per heavy atom. The number of rotatable bonds is 8. The van der Waals surface area contributed by atoms with Gasteiger partial charge in [-0.15, -0.1) is 23.5 Å². The van der Waals surface area contributed by atoms with Gasteiger partial charge in [-0.2, -0.15) is 0 Å². The molecule has 0 unspecified atom stereocenters. The fraction of sp³-hybridized carbons (Fsp3) is 0.348. The summed E-state index contributed by atoms with van der Waals surface area (Å²) in [4.78, 5) is 15.4. The Morgan fingerprint density at radius 2 is 1.94 bits per heavy atom. The van der Waals surface area contributed by atoms with Crippen LogP contribution in [0.1, 0.15) is 20.3 Å². The number of carbonyl (C=O) groups is 1. The monoisotopic (exact) mass is 521 g/mol. The van der Waals surface area contributed by atoms with Crippen molar-refractivity contribution in [2.24, 2.45) is 0 Å². The first-order valence-electron chi connectivity index (χ1n) is 10.8. The van der Waals surface area contributed by atoms with Gasteiger partial charge in [-0.3, -0.25) is 9.10 Å². The number of nitrogens with zero attached hydrogens (tertiary/aromatic N) is 1. The predicted molar refractivity (Wildman–Crippen MR) is 136 cm³/mol. The highest BCUT2D eigenvalue weighted by Crippen LogP contribution is 2.47. The van der Waals surface area contributed by atoms with Gasteiger partial charge in [0, 0.05) is 35.1 Å². The van der Waals surface area contributed by atoms with Gasteiger partial charge in [-0.1, -0.05) is 12.1 Å². The van der Waals surface area contributed by atoms with E-state index in [4.69, 9.17) is 9.47 Å². The van der Waals surface area contributed by atoms with Gasteiger partial charge in [0.1, 0.15) is 16.5 Å². The van der Waals surface area contributed by atoms with Gasteiger partial charge in [0.05, 0.1) is 23.6 Å². The van der Waals surface area contributed by atoms with Crippen LogP contribution in [-0.4, -0.2) is 50.6 Å². The first-order valence-corrected chi connectivity index (χ1v) is 14.2. The molecule has 34 heavy (non-hydrogen) atoms. The van der Waals surface area contributed by atoms with E-state index < -0.39 is 15.9 Å². The van der Waals surface area contributed by atoms with E-state index in [1.54, 1.807) is 61.8 Å². The van der Waals surface area contributed by atoms with Crippen LogP contribution in [0.25, 0.3) is 0 Å². The first-order chi connectivity index (χ1) is 16.4. The Morgan fingerprint density at radius 3 is 2.68 bits per heavy atom. The highest BCUT2D eigenvalue weighted by Gasteiger charge is 2.37. The molecule has 0 aromatic heterocycles. The van der Waals surface area contributed by atoms with Crippen molar-refractivity contribution in [2.45, 2.75) is 35.0 Å². The highest BCUT2D eigenvalue weighted by atomic mass is 32.2. The van der Waals surface area contributed by atoms with E-state index in [0.29, 0.717) is 36.8 Å². The number of hydrogen-bond acceptors (Lipinski definition) is 8. The van der Waals surface area contributed by atoms with E-state index in [2.05, 4.69) is 10.6 Å². The molecule has 2 aromatic carbocycles. The molecule has 0 aliphatic carbocycles. The average molecular weight is 522 g/mol. The summed E-state index contributed by atoms with van der Waals surface area (Å²) in [5.74, 6) is 0.370. The highest BCUT2D eigenvalue weighted by molar-refractivity contribution is 8.18. The normalized spacial score (nSPS) is 17.4. The third-order valence-electron chi connectivity index (χ3n) is 5.39. The number of amides is 1. The molecule has 2 aliphatic rings. The van der Waals surface area contributed by atoms with Crippen LogP contribution in [0.4, 0.5) is 11.4 Å². The number of thioether (sulfide) groups is 2. The Hall–Kier alpha value is -2.34. The van der Waals surface area contributed by atoms with Crippen LogP contribution >= 0.6 is 23.5 Å². The van der Waals surface area contributed by atoms with Crippen LogP contribution in [0.3, 0.4) is 0 Å². The van der Waals surface area contributed by atoms with E-state index in [0.717, 1.165) is 14.9 Å². The molecule has 2 aromatic rings. The van der Waals surface area contributed by atoms with Crippen molar-refractivity contribution >= 4 is 50.8 Å². The Balaban J connectivity index is 1.73. The van der Waals surface area contributed by atoms with Gasteiger partial charge in [-0.05, 0) is 44.5 Å². The summed E-state index contributed by atoms with van der Waals surface area (Å²) < 4.78 is 39.4. The molecular weight excluding hydrogens is 494 g/mol. The van der Waals surface area contributed by atoms with Gasteiger partial charge in [0.2, 0.25) is 0 Å². The zero-order chi connectivity index (χ0) is 24.3. The third-order valence-corrected chi connectivity index (χ3v) is 9.59. The number of ether oxygens (including phenoxy) is 2. The van der Waals surface area contributed by atoms with Crippen molar-refractivity contribution in [3.05, 3.63) is 47.8 Å². The van der Waals surface area contributed by atoms with Crippen molar-refractivity contribution in [3.63, 3.8) is 0 Å². The number of methoxy groups -OCH3 is 1. The van der Waals surface area contributed by atoms with Gasteiger partial charge in [-0.25, -0.2) is 8.42 Å². The second-order valence-corrected chi connectivity index (χ2v) is 11.8. The molecule has 0 saturated carbocycles. The standard InChI is InChI=1S/C23H27N3O5S3/c1-4-31-18-9-6-5-8-16(18)25-23(27)15(2)22-24-17-12-19-20(33-14-32-19)13-21(17)34(28,29)26(22)10-7-11-30-3/h5-6,8-9,12-13,24H,4,7,10-11,14H2,1-3H3,(H,25,27)/b22-15-. The second kappa shape index (κ2) is 10.5. The number of hydrogen-bond donors (Lipinski definition) is 2. The van der Waals surface area contributed by atoms with E-state index in [-0.39, 0.29) is 22.8 Å². The minimum Gasteiger partial charge on any atom is -0.492 e. The molecule has 1 amide bonds. The van der Waals surface area contributed by atoms with E-state index in [9.17, 15) is 13.2 Å². The number of carbonyl (C=O) groups excluding carboxylic acids is 1. The van der Waals surface area contributed by atoms with Crippen molar-refractivity contribution in [2.75, 3.05) is 42.6 Å². The maximum Gasteiger partial charge on any atom is 0.267 e. The largest absolute Gasteiger partial charge is 0.492 e. The van der Waals surface area contributed by atoms with Crippen LogP contribution in [0.15, 0.2) is 62.5 Å². The van der Waals surface area contributed by atoms with Crippen molar-refractivity contribution < 1.29 is 22.7 Å². The lowest BCUT2D eigenvalue weighted by molar-refractivity contribution is -0.112. The third kappa shape index (κ3) is 4.88. The maximum atomic E-state index is 13.7.